The highest BCUT2D eigenvalue weighted by molar-refractivity contribution is 6.36. The van der Waals surface area contributed by atoms with Crippen LogP contribution in [-0.4, -0.2) is 36.5 Å². The molecule has 0 saturated carbocycles. The van der Waals surface area contributed by atoms with Gasteiger partial charge in [-0.3, -0.25) is 9.59 Å². The van der Waals surface area contributed by atoms with Gasteiger partial charge in [-0.15, -0.1) is 6.58 Å². The molecule has 0 spiro atoms. The summed E-state index contributed by atoms with van der Waals surface area (Å²) in [5.41, 5.74) is 0.194. The van der Waals surface area contributed by atoms with E-state index in [1.165, 1.54) is 31.2 Å². The lowest BCUT2D eigenvalue weighted by molar-refractivity contribution is -0.156. The number of hydrogen-bond donors (Lipinski definition) is 2. The molecular weight excluding hydrogens is 391 g/mol. The molecule has 1 aromatic rings. The first-order valence-corrected chi connectivity index (χ1v) is 9.26. The molecular formula is C19H24Cl2N2O4. The molecule has 1 rings (SSSR count). The summed E-state index contributed by atoms with van der Waals surface area (Å²) in [6.45, 7) is 9.03. The van der Waals surface area contributed by atoms with Gasteiger partial charge in [-0.2, -0.15) is 0 Å². The zero-order chi connectivity index (χ0) is 20.6. The van der Waals surface area contributed by atoms with Gasteiger partial charge < -0.3 is 15.4 Å². The van der Waals surface area contributed by atoms with Gasteiger partial charge in [0.05, 0.1) is 10.6 Å². The van der Waals surface area contributed by atoms with Gasteiger partial charge in [0.15, 0.2) is 6.10 Å². The minimum Gasteiger partial charge on any atom is -0.451 e. The highest BCUT2D eigenvalue weighted by Crippen LogP contribution is 2.21. The molecule has 0 saturated heterocycles. The van der Waals surface area contributed by atoms with E-state index in [-0.39, 0.29) is 23.0 Å². The van der Waals surface area contributed by atoms with Crippen LogP contribution in [0.15, 0.2) is 30.9 Å². The molecule has 0 fully saturated rings. The lowest BCUT2D eigenvalue weighted by atomic mass is 10.0. The Bertz CT molecular complexity index is 707. The normalized spacial score (nSPS) is 12.8. The van der Waals surface area contributed by atoms with E-state index in [4.69, 9.17) is 27.9 Å². The number of hydrogen-bond acceptors (Lipinski definition) is 4. The minimum absolute atomic E-state index is 0.105. The second kappa shape index (κ2) is 10.9. The van der Waals surface area contributed by atoms with Crippen LogP contribution in [0.1, 0.15) is 37.6 Å². The van der Waals surface area contributed by atoms with Crippen molar-refractivity contribution >= 4 is 41.0 Å². The zero-order valence-corrected chi connectivity index (χ0v) is 17.1. The minimum atomic E-state index is -0.997. The average molecular weight is 415 g/mol. The van der Waals surface area contributed by atoms with Crippen LogP contribution in [0.5, 0.6) is 0 Å². The van der Waals surface area contributed by atoms with Crippen LogP contribution in [-0.2, 0) is 14.3 Å². The Kier molecular flexibility index (Phi) is 9.32. The fourth-order valence-electron chi connectivity index (χ4n) is 2.22. The first kappa shape index (κ1) is 23.0. The number of ether oxygens (including phenoxy) is 1. The van der Waals surface area contributed by atoms with E-state index in [0.717, 1.165) is 0 Å². The molecule has 0 aliphatic rings. The molecule has 2 N–H and O–H groups in total. The highest BCUT2D eigenvalue weighted by Gasteiger charge is 2.28. The molecule has 2 atom stereocenters. The quantitative estimate of drug-likeness (QED) is 0.479. The van der Waals surface area contributed by atoms with E-state index >= 15 is 0 Å². The third-order valence-corrected chi connectivity index (χ3v) is 4.10. The van der Waals surface area contributed by atoms with E-state index in [2.05, 4.69) is 17.2 Å². The molecule has 0 aromatic heterocycles. The van der Waals surface area contributed by atoms with E-state index in [1.807, 2.05) is 13.8 Å². The van der Waals surface area contributed by atoms with Crippen LogP contribution < -0.4 is 10.6 Å². The van der Waals surface area contributed by atoms with Crippen LogP contribution in [0, 0.1) is 5.92 Å². The molecule has 0 unspecified atom stereocenters. The standard InChI is InChI=1S/C19H24Cl2N2O4/c1-5-8-22-17(24)12(4)27-19(26)16(9-11(2)3)23-18(25)14-7-6-13(20)10-15(14)21/h5-7,10-12,16H,1,8-9H2,2-4H3,(H,22,24)(H,23,25)/t12-,16-/m0/s1. The number of carbonyl (C=O) groups excluding carboxylic acids is 3. The Balaban J connectivity index is 2.84. The SMILES string of the molecule is C=CCNC(=O)[C@H](C)OC(=O)[C@H](CC(C)C)NC(=O)c1ccc(Cl)cc1Cl. The van der Waals surface area contributed by atoms with Gasteiger partial charge in [0, 0.05) is 11.6 Å². The first-order valence-electron chi connectivity index (χ1n) is 8.50. The van der Waals surface area contributed by atoms with Gasteiger partial charge in [-0.25, -0.2) is 4.79 Å². The molecule has 0 heterocycles. The third-order valence-electron chi connectivity index (χ3n) is 3.56. The number of carbonyl (C=O) groups is 3. The summed E-state index contributed by atoms with van der Waals surface area (Å²) in [6, 6.07) is 3.53. The van der Waals surface area contributed by atoms with Gasteiger partial charge in [-0.1, -0.05) is 43.1 Å². The summed E-state index contributed by atoms with van der Waals surface area (Å²) < 4.78 is 5.20. The number of nitrogens with one attached hydrogen (secondary N) is 2. The van der Waals surface area contributed by atoms with Crippen molar-refractivity contribution in [3.63, 3.8) is 0 Å². The maximum atomic E-state index is 12.5. The largest absolute Gasteiger partial charge is 0.451 e. The summed E-state index contributed by atoms with van der Waals surface area (Å²) in [4.78, 5) is 36.8. The fraction of sp³-hybridized carbons (Fsp3) is 0.421. The monoisotopic (exact) mass is 414 g/mol. The maximum absolute atomic E-state index is 12.5. The summed E-state index contributed by atoms with van der Waals surface area (Å²) in [7, 11) is 0. The van der Waals surface area contributed by atoms with Crippen LogP contribution in [0.4, 0.5) is 0 Å². The molecule has 27 heavy (non-hydrogen) atoms. The summed E-state index contributed by atoms with van der Waals surface area (Å²) in [5.74, 6) is -1.56. The molecule has 148 valence electrons. The first-order chi connectivity index (χ1) is 12.6. The molecule has 1 aromatic carbocycles. The topological polar surface area (TPSA) is 84.5 Å². The smallest absolute Gasteiger partial charge is 0.329 e. The van der Waals surface area contributed by atoms with Crippen molar-refractivity contribution in [3.8, 4) is 0 Å². The van der Waals surface area contributed by atoms with Gasteiger partial charge in [0.2, 0.25) is 0 Å². The maximum Gasteiger partial charge on any atom is 0.329 e. The Morgan fingerprint density at radius 3 is 2.44 bits per heavy atom. The van der Waals surface area contributed by atoms with E-state index < -0.39 is 29.9 Å². The molecule has 0 radical (unpaired) electrons. The number of amides is 2. The predicted molar refractivity (Wildman–Crippen MR) is 106 cm³/mol. The van der Waals surface area contributed by atoms with Crippen molar-refractivity contribution in [2.24, 2.45) is 5.92 Å². The number of halogens is 2. The average Bonchev–Trinajstić information content (AvgIpc) is 2.58. The van der Waals surface area contributed by atoms with Crippen molar-refractivity contribution in [1.82, 2.24) is 10.6 Å². The van der Waals surface area contributed by atoms with Crippen LogP contribution in [0.25, 0.3) is 0 Å². The summed E-state index contributed by atoms with van der Waals surface area (Å²) in [6.07, 6.45) is 0.865. The predicted octanol–water partition coefficient (Wildman–Crippen LogP) is 3.37. The van der Waals surface area contributed by atoms with Gasteiger partial charge in [0.1, 0.15) is 6.04 Å². The summed E-state index contributed by atoms with van der Waals surface area (Å²) in [5, 5.41) is 5.74. The number of benzene rings is 1. The second-order valence-corrected chi connectivity index (χ2v) is 7.24. The lowest BCUT2D eigenvalue weighted by Gasteiger charge is -2.22. The van der Waals surface area contributed by atoms with Gasteiger partial charge in [-0.05, 0) is 37.5 Å². The van der Waals surface area contributed by atoms with E-state index in [9.17, 15) is 14.4 Å². The van der Waals surface area contributed by atoms with Crippen LogP contribution in [0.3, 0.4) is 0 Å². The lowest BCUT2D eigenvalue weighted by Crippen LogP contribution is -2.45. The van der Waals surface area contributed by atoms with Crippen molar-refractivity contribution in [2.45, 2.75) is 39.3 Å². The Morgan fingerprint density at radius 1 is 1.22 bits per heavy atom. The molecule has 2 amide bonds. The molecule has 0 bridgehead atoms. The Hall–Kier alpha value is -2.05. The fourth-order valence-corrected chi connectivity index (χ4v) is 2.72. The van der Waals surface area contributed by atoms with Crippen molar-refractivity contribution < 1.29 is 19.1 Å². The van der Waals surface area contributed by atoms with Gasteiger partial charge in [0.25, 0.3) is 11.8 Å². The van der Waals surface area contributed by atoms with E-state index in [0.29, 0.717) is 11.4 Å². The summed E-state index contributed by atoms with van der Waals surface area (Å²) >= 11 is 11.9. The Labute approximate surface area is 169 Å². The third kappa shape index (κ3) is 7.61. The van der Waals surface area contributed by atoms with Crippen molar-refractivity contribution in [1.29, 1.82) is 0 Å². The molecule has 8 heteroatoms. The second-order valence-electron chi connectivity index (χ2n) is 6.39. The van der Waals surface area contributed by atoms with Crippen LogP contribution in [0.2, 0.25) is 10.0 Å². The molecule has 0 aliphatic heterocycles. The Morgan fingerprint density at radius 2 is 1.89 bits per heavy atom. The zero-order valence-electron chi connectivity index (χ0n) is 15.6. The van der Waals surface area contributed by atoms with Crippen molar-refractivity contribution in [2.75, 3.05) is 6.54 Å². The van der Waals surface area contributed by atoms with Crippen LogP contribution >= 0.6 is 23.2 Å². The number of rotatable bonds is 9. The highest BCUT2D eigenvalue weighted by atomic mass is 35.5. The number of esters is 1. The molecule has 0 aliphatic carbocycles. The van der Waals surface area contributed by atoms with E-state index in [1.54, 1.807) is 0 Å². The molecule has 6 nitrogen and oxygen atoms in total. The van der Waals surface area contributed by atoms with Crippen molar-refractivity contribution in [3.05, 3.63) is 46.5 Å². The van der Waals surface area contributed by atoms with Gasteiger partial charge >= 0.3 is 5.97 Å².